The van der Waals surface area contributed by atoms with Crippen molar-refractivity contribution < 1.29 is 19.1 Å². The Bertz CT molecular complexity index is 1500. The number of Topliss-reactive ketones (excluding diaryl/α,β-unsaturated/α-hetero) is 1. The lowest BCUT2D eigenvalue weighted by molar-refractivity contribution is -0.136. The molecule has 1 aliphatic rings. The molecule has 0 bridgehead atoms. The summed E-state index contributed by atoms with van der Waals surface area (Å²) in [7, 11) is 0. The standard InChI is InChI=1S/C33H31FN2O4/c1-23-12-17-29(37)36(22-23)30(31(38)24-13-15-28(34)16-14-24)32(39)35-20-18-27(19-21-35)33(40,25-8-4-2-5-9-25)26-10-6-3-7-11-26/h2-17,22,27,30,40H,18-21H2,1H3/t30-/m0/s1. The van der Waals surface area contributed by atoms with Crippen LogP contribution in [0.1, 0.15) is 45.9 Å². The normalized spacial score (nSPS) is 15.0. The van der Waals surface area contributed by atoms with E-state index < -0.39 is 34.7 Å². The van der Waals surface area contributed by atoms with Crippen molar-refractivity contribution in [2.24, 2.45) is 5.92 Å². The smallest absolute Gasteiger partial charge is 0.253 e. The molecule has 40 heavy (non-hydrogen) atoms. The summed E-state index contributed by atoms with van der Waals surface area (Å²) >= 11 is 0. The third-order valence-electron chi connectivity index (χ3n) is 7.80. The van der Waals surface area contributed by atoms with Gasteiger partial charge in [-0.15, -0.1) is 0 Å². The van der Waals surface area contributed by atoms with Crippen molar-refractivity contribution in [3.63, 3.8) is 0 Å². The third-order valence-corrected chi connectivity index (χ3v) is 7.80. The van der Waals surface area contributed by atoms with Crippen LogP contribution in [0.25, 0.3) is 0 Å². The molecule has 1 saturated heterocycles. The second-order valence-electron chi connectivity index (χ2n) is 10.3. The number of aromatic nitrogens is 1. The van der Waals surface area contributed by atoms with Crippen molar-refractivity contribution in [3.05, 3.63) is 142 Å². The number of halogens is 1. The monoisotopic (exact) mass is 538 g/mol. The van der Waals surface area contributed by atoms with Crippen LogP contribution in [0, 0.1) is 18.7 Å². The summed E-state index contributed by atoms with van der Waals surface area (Å²) in [5, 5.41) is 12.2. The van der Waals surface area contributed by atoms with Gasteiger partial charge in [-0.05, 0) is 66.6 Å². The largest absolute Gasteiger partial charge is 0.380 e. The summed E-state index contributed by atoms with van der Waals surface area (Å²) in [6, 6.07) is 25.5. The van der Waals surface area contributed by atoms with Crippen LogP contribution in [0.3, 0.4) is 0 Å². The number of aryl methyl sites for hydroxylation is 1. The molecular formula is C33H31FN2O4. The molecule has 1 atom stereocenters. The molecule has 4 aromatic rings. The first-order chi connectivity index (χ1) is 19.3. The van der Waals surface area contributed by atoms with E-state index in [4.69, 9.17) is 0 Å². The molecule has 6 nitrogen and oxygen atoms in total. The minimum Gasteiger partial charge on any atom is -0.380 e. The lowest BCUT2D eigenvalue weighted by atomic mass is 9.72. The van der Waals surface area contributed by atoms with E-state index in [-0.39, 0.29) is 11.5 Å². The average molecular weight is 539 g/mol. The SMILES string of the molecule is Cc1ccc(=O)n([C@@H](C(=O)c2ccc(F)cc2)C(=O)N2CCC(C(O)(c3ccccc3)c3ccccc3)CC2)c1. The number of hydrogen-bond acceptors (Lipinski definition) is 4. The van der Waals surface area contributed by atoms with Crippen molar-refractivity contribution in [1.29, 1.82) is 0 Å². The summed E-state index contributed by atoms with van der Waals surface area (Å²) in [4.78, 5) is 42.0. The van der Waals surface area contributed by atoms with E-state index in [0.717, 1.165) is 28.8 Å². The number of likely N-dealkylation sites (tertiary alicyclic amines) is 1. The van der Waals surface area contributed by atoms with Gasteiger partial charge in [0.15, 0.2) is 11.8 Å². The Morgan fingerprint density at radius 1 is 0.850 bits per heavy atom. The zero-order valence-electron chi connectivity index (χ0n) is 22.2. The van der Waals surface area contributed by atoms with Gasteiger partial charge in [0.1, 0.15) is 11.4 Å². The number of carbonyl (C=O) groups is 2. The quantitative estimate of drug-likeness (QED) is 0.268. The Kier molecular flexibility index (Phi) is 7.76. The molecule has 0 unspecified atom stereocenters. The van der Waals surface area contributed by atoms with E-state index in [0.29, 0.717) is 25.9 Å². The molecular weight excluding hydrogens is 507 g/mol. The lowest BCUT2D eigenvalue weighted by Gasteiger charge is -2.43. The van der Waals surface area contributed by atoms with E-state index in [1.165, 1.54) is 29.0 Å². The maximum Gasteiger partial charge on any atom is 0.253 e. The maximum absolute atomic E-state index is 13.9. The van der Waals surface area contributed by atoms with E-state index in [2.05, 4.69) is 0 Å². The van der Waals surface area contributed by atoms with Gasteiger partial charge in [-0.1, -0.05) is 66.7 Å². The zero-order valence-corrected chi connectivity index (χ0v) is 22.2. The van der Waals surface area contributed by atoms with Crippen LogP contribution in [0.15, 0.2) is 108 Å². The van der Waals surface area contributed by atoms with E-state index in [9.17, 15) is 23.9 Å². The summed E-state index contributed by atoms with van der Waals surface area (Å²) in [5.41, 5.74) is 0.693. The highest BCUT2D eigenvalue weighted by Gasteiger charge is 2.43. The summed E-state index contributed by atoms with van der Waals surface area (Å²) in [6.45, 7) is 2.39. The molecule has 1 aromatic heterocycles. The minimum absolute atomic E-state index is 0.144. The second-order valence-corrected chi connectivity index (χ2v) is 10.3. The van der Waals surface area contributed by atoms with Crippen LogP contribution in [-0.4, -0.2) is 39.4 Å². The maximum atomic E-state index is 13.9. The highest BCUT2D eigenvalue weighted by molar-refractivity contribution is 6.11. The summed E-state index contributed by atoms with van der Waals surface area (Å²) in [5.74, 6) is -1.76. The fourth-order valence-corrected chi connectivity index (χ4v) is 5.66. The topological polar surface area (TPSA) is 79.6 Å². The van der Waals surface area contributed by atoms with Crippen molar-refractivity contribution in [1.82, 2.24) is 9.47 Å². The van der Waals surface area contributed by atoms with Crippen LogP contribution in [-0.2, 0) is 10.4 Å². The van der Waals surface area contributed by atoms with E-state index in [1.54, 1.807) is 17.9 Å². The Labute approximate surface area is 232 Å². The average Bonchev–Trinajstić information content (AvgIpc) is 3.00. The molecule has 1 aliphatic heterocycles. The van der Waals surface area contributed by atoms with Crippen LogP contribution in [0.5, 0.6) is 0 Å². The molecule has 1 N–H and O–H groups in total. The molecule has 204 valence electrons. The van der Waals surface area contributed by atoms with E-state index >= 15 is 0 Å². The number of benzene rings is 3. The molecule has 0 aliphatic carbocycles. The highest BCUT2D eigenvalue weighted by atomic mass is 19.1. The fourth-order valence-electron chi connectivity index (χ4n) is 5.66. The molecule has 7 heteroatoms. The Morgan fingerprint density at radius 2 is 1.40 bits per heavy atom. The van der Waals surface area contributed by atoms with Crippen molar-refractivity contribution in [2.45, 2.75) is 31.4 Å². The van der Waals surface area contributed by atoms with Crippen molar-refractivity contribution in [3.8, 4) is 0 Å². The van der Waals surface area contributed by atoms with Crippen LogP contribution in [0.4, 0.5) is 4.39 Å². The summed E-state index contributed by atoms with van der Waals surface area (Å²) < 4.78 is 14.7. The first-order valence-electron chi connectivity index (χ1n) is 13.4. The highest BCUT2D eigenvalue weighted by Crippen LogP contribution is 2.42. The number of ketones is 1. The van der Waals surface area contributed by atoms with Crippen LogP contribution >= 0.6 is 0 Å². The Morgan fingerprint density at radius 3 is 1.95 bits per heavy atom. The molecule has 0 saturated carbocycles. The van der Waals surface area contributed by atoms with Gasteiger partial charge in [-0.2, -0.15) is 0 Å². The number of rotatable bonds is 7. The molecule has 0 radical (unpaired) electrons. The fraction of sp³-hybridized carbons (Fsp3) is 0.242. The number of hydrogen-bond donors (Lipinski definition) is 1. The number of aliphatic hydroxyl groups is 1. The van der Waals surface area contributed by atoms with Gasteiger partial charge < -0.3 is 10.0 Å². The Hall–Kier alpha value is -4.36. The number of nitrogens with zero attached hydrogens (tertiary/aromatic N) is 2. The van der Waals surface area contributed by atoms with Crippen molar-refractivity contribution in [2.75, 3.05) is 13.1 Å². The summed E-state index contributed by atoms with van der Waals surface area (Å²) in [6.07, 6.45) is 2.49. The number of piperidine rings is 1. The van der Waals surface area contributed by atoms with Gasteiger partial charge in [0.05, 0.1) is 0 Å². The predicted molar refractivity (Wildman–Crippen MR) is 150 cm³/mol. The predicted octanol–water partition coefficient (Wildman–Crippen LogP) is 4.89. The van der Waals surface area contributed by atoms with Crippen molar-refractivity contribution >= 4 is 11.7 Å². The van der Waals surface area contributed by atoms with Gasteiger partial charge in [-0.3, -0.25) is 19.0 Å². The zero-order chi connectivity index (χ0) is 28.3. The number of carbonyl (C=O) groups excluding carboxylic acids is 2. The molecule has 1 fully saturated rings. The molecule has 3 aromatic carbocycles. The lowest BCUT2D eigenvalue weighted by Crippen LogP contribution is -2.49. The first-order valence-corrected chi connectivity index (χ1v) is 13.4. The van der Waals surface area contributed by atoms with Crippen LogP contribution in [0.2, 0.25) is 0 Å². The van der Waals surface area contributed by atoms with Crippen LogP contribution < -0.4 is 5.56 Å². The third kappa shape index (κ3) is 5.25. The molecule has 5 rings (SSSR count). The van der Waals surface area contributed by atoms with E-state index in [1.807, 2.05) is 60.7 Å². The van der Waals surface area contributed by atoms with Gasteiger partial charge in [-0.25, -0.2) is 4.39 Å². The first kappa shape index (κ1) is 27.2. The van der Waals surface area contributed by atoms with Gasteiger partial charge in [0.2, 0.25) is 0 Å². The van der Waals surface area contributed by atoms with Gasteiger partial charge in [0.25, 0.3) is 11.5 Å². The molecule has 0 spiro atoms. The molecule has 1 amide bonds. The number of pyridine rings is 1. The second kappa shape index (κ2) is 11.4. The Balaban J connectivity index is 1.44. The van der Waals surface area contributed by atoms with Gasteiger partial charge in [0, 0.05) is 30.9 Å². The van der Waals surface area contributed by atoms with Gasteiger partial charge >= 0.3 is 0 Å². The molecule has 2 heterocycles. The minimum atomic E-state index is -1.42. The number of amides is 1.